The maximum absolute atomic E-state index is 12.1. The number of carbonyl (C=O) groups excluding carboxylic acids is 1. The summed E-state index contributed by atoms with van der Waals surface area (Å²) in [5, 5.41) is 3.75. The molecular weight excluding hydrogens is 224 g/mol. The van der Waals surface area contributed by atoms with Crippen molar-refractivity contribution >= 4 is 5.91 Å². The molecule has 2 atom stereocenters. The molecule has 0 aromatic heterocycles. The summed E-state index contributed by atoms with van der Waals surface area (Å²) in [6.07, 6.45) is 7.46. The zero-order chi connectivity index (χ0) is 12.5. The van der Waals surface area contributed by atoms with Crippen LogP contribution in [0.15, 0.2) is 0 Å². The fourth-order valence-corrected chi connectivity index (χ4v) is 3.14. The number of hydrogen-bond acceptors (Lipinski definition) is 2. The highest BCUT2D eigenvalue weighted by atomic mass is 16.2. The van der Waals surface area contributed by atoms with E-state index >= 15 is 0 Å². The smallest absolute Gasteiger partial charge is 0.225 e. The highest BCUT2D eigenvalue weighted by molar-refractivity contribution is 5.81. The van der Waals surface area contributed by atoms with E-state index in [1.807, 2.05) is 0 Å². The minimum atomic E-state index is 0.387. The summed E-state index contributed by atoms with van der Waals surface area (Å²) >= 11 is 0. The first-order valence-electron chi connectivity index (χ1n) is 7.80. The third kappa shape index (κ3) is 2.87. The van der Waals surface area contributed by atoms with E-state index in [1.165, 1.54) is 25.8 Å². The Morgan fingerprint density at radius 1 is 1.22 bits per heavy atom. The van der Waals surface area contributed by atoms with E-state index in [0.717, 1.165) is 38.3 Å². The normalized spacial score (nSPS) is 32.6. The van der Waals surface area contributed by atoms with Gasteiger partial charge in [-0.3, -0.25) is 4.79 Å². The Kier molecular flexibility index (Phi) is 3.60. The highest BCUT2D eigenvalue weighted by Gasteiger charge is 2.37. The van der Waals surface area contributed by atoms with Gasteiger partial charge >= 0.3 is 0 Å². The molecule has 18 heavy (non-hydrogen) atoms. The average Bonchev–Trinajstić information content (AvgIpc) is 3.28. The molecule has 1 N–H and O–H groups in total. The van der Waals surface area contributed by atoms with Crippen LogP contribution in [0.5, 0.6) is 0 Å². The fourth-order valence-electron chi connectivity index (χ4n) is 3.14. The minimum Gasteiger partial charge on any atom is -0.342 e. The highest BCUT2D eigenvalue weighted by Crippen LogP contribution is 2.33. The number of piperidine rings is 1. The van der Waals surface area contributed by atoms with Crippen molar-refractivity contribution in [1.82, 2.24) is 10.2 Å². The van der Waals surface area contributed by atoms with Crippen LogP contribution in [0.25, 0.3) is 0 Å². The number of rotatable bonds is 5. The lowest BCUT2D eigenvalue weighted by molar-refractivity contribution is -0.134. The average molecular weight is 250 g/mol. The second-order valence-electron chi connectivity index (χ2n) is 6.47. The van der Waals surface area contributed by atoms with Crippen LogP contribution >= 0.6 is 0 Å². The molecule has 3 fully saturated rings. The van der Waals surface area contributed by atoms with Crippen LogP contribution in [0.1, 0.15) is 45.4 Å². The van der Waals surface area contributed by atoms with Crippen LogP contribution in [-0.4, -0.2) is 36.5 Å². The zero-order valence-electron chi connectivity index (χ0n) is 11.5. The number of hydrogen-bond donors (Lipinski definition) is 1. The fraction of sp³-hybridized carbons (Fsp3) is 0.933. The molecule has 2 aliphatic carbocycles. The molecule has 0 radical (unpaired) electrons. The molecule has 1 saturated heterocycles. The topological polar surface area (TPSA) is 32.3 Å². The van der Waals surface area contributed by atoms with Gasteiger partial charge in [-0.15, -0.1) is 0 Å². The molecule has 3 rings (SSSR count). The number of nitrogens with zero attached hydrogens (tertiary/aromatic N) is 1. The van der Waals surface area contributed by atoms with E-state index in [-0.39, 0.29) is 0 Å². The Labute approximate surface area is 110 Å². The molecule has 0 unspecified atom stereocenters. The largest absolute Gasteiger partial charge is 0.342 e. The van der Waals surface area contributed by atoms with Crippen LogP contribution in [0.3, 0.4) is 0 Å². The van der Waals surface area contributed by atoms with Gasteiger partial charge in [0, 0.05) is 25.0 Å². The Morgan fingerprint density at radius 3 is 2.61 bits per heavy atom. The molecule has 0 spiro atoms. The first-order valence-corrected chi connectivity index (χ1v) is 7.80. The van der Waals surface area contributed by atoms with Gasteiger partial charge < -0.3 is 10.2 Å². The molecule has 3 aliphatic rings. The van der Waals surface area contributed by atoms with Crippen LogP contribution in [0.2, 0.25) is 0 Å². The van der Waals surface area contributed by atoms with Crippen molar-refractivity contribution in [2.24, 2.45) is 17.8 Å². The first kappa shape index (κ1) is 12.5. The van der Waals surface area contributed by atoms with E-state index in [4.69, 9.17) is 0 Å². The van der Waals surface area contributed by atoms with Crippen molar-refractivity contribution in [2.45, 2.75) is 51.5 Å². The molecule has 1 amide bonds. The standard InChI is InChI=1S/C15H26N2O/c1-2-12-10-17(15(18)13-5-6-13)8-7-14(12)16-9-11-3-4-11/h11-14,16H,2-10H2,1H3/t12-,14+/m1/s1. The molecule has 102 valence electrons. The molecule has 3 heteroatoms. The molecule has 1 heterocycles. The lowest BCUT2D eigenvalue weighted by atomic mass is 9.89. The second-order valence-corrected chi connectivity index (χ2v) is 6.47. The Morgan fingerprint density at radius 2 is 2.00 bits per heavy atom. The summed E-state index contributed by atoms with van der Waals surface area (Å²) in [6.45, 7) is 5.45. The number of nitrogens with one attached hydrogen (secondary N) is 1. The summed E-state index contributed by atoms with van der Waals surface area (Å²) in [4.78, 5) is 14.3. The van der Waals surface area contributed by atoms with Crippen molar-refractivity contribution in [1.29, 1.82) is 0 Å². The Hall–Kier alpha value is -0.570. The third-order valence-corrected chi connectivity index (χ3v) is 4.86. The summed E-state index contributed by atoms with van der Waals surface area (Å²) in [7, 11) is 0. The monoisotopic (exact) mass is 250 g/mol. The van der Waals surface area contributed by atoms with E-state index in [9.17, 15) is 4.79 Å². The van der Waals surface area contributed by atoms with Gasteiger partial charge in [0.1, 0.15) is 0 Å². The van der Waals surface area contributed by atoms with Gasteiger partial charge in [-0.2, -0.15) is 0 Å². The van der Waals surface area contributed by atoms with Gasteiger partial charge in [0.05, 0.1) is 0 Å². The molecule has 0 bridgehead atoms. The number of amides is 1. The summed E-state index contributed by atoms with van der Waals surface area (Å²) in [5.41, 5.74) is 0. The molecule has 0 aromatic rings. The van der Waals surface area contributed by atoms with Crippen molar-refractivity contribution in [3.63, 3.8) is 0 Å². The molecule has 2 saturated carbocycles. The maximum atomic E-state index is 12.1. The van der Waals surface area contributed by atoms with Crippen LogP contribution < -0.4 is 5.32 Å². The van der Waals surface area contributed by atoms with Gasteiger partial charge in [0.2, 0.25) is 5.91 Å². The first-order chi connectivity index (χ1) is 8.78. The van der Waals surface area contributed by atoms with Crippen LogP contribution in [0, 0.1) is 17.8 Å². The maximum Gasteiger partial charge on any atom is 0.225 e. The predicted molar refractivity (Wildman–Crippen MR) is 72.2 cm³/mol. The summed E-state index contributed by atoms with van der Waals surface area (Å²) < 4.78 is 0. The van der Waals surface area contributed by atoms with Gasteiger partial charge in [-0.05, 0) is 50.5 Å². The second kappa shape index (κ2) is 5.20. The van der Waals surface area contributed by atoms with Gasteiger partial charge in [-0.25, -0.2) is 0 Å². The predicted octanol–water partition coefficient (Wildman–Crippen LogP) is 2.02. The van der Waals surface area contributed by atoms with Gasteiger partial charge in [-0.1, -0.05) is 13.3 Å². The molecular formula is C15H26N2O. The van der Waals surface area contributed by atoms with Crippen molar-refractivity contribution < 1.29 is 4.79 Å². The SMILES string of the molecule is CC[C@@H]1CN(C(=O)C2CC2)CC[C@@H]1NCC1CC1. The summed E-state index contributed by atoms with van der Waals surface area (Å²) in [6, 6.07) is 0.652. The Bertz CT molecular complexity index is 310. The van der Waals surface area contributed by atoms with E-state index in [2.05, 4.69) is 17.1 Å². The van der Waals surface area contributed by atoms with Gasteiger partial charge in [0.15, 0.2) is 0 Å². The zero-order valence-corrected chi connectivity index (χ0v) is 11.5. The van der Waals surface area contributed by atoms with E-state index in [0.29, 0.717) is 23.8 Å². The molecule has 3 nitrogen and oxygen atoms in total. The number of carbonyl (C=O) groups is 1. The van der Waals surface area contributed by atoms with Gasteiger partial charge in [0.25, 0.3) is 0 Å². The molecule has 0 aromatic carbocycles. The lowest BCUT2D eigenvalue weighted by Crippen LogP contribution is -2.51. The van der Waals surface area contributed by atoms with Crippen LogP contribution in [-0.2, 0) is 4.79 Å². The summed E-state index contributed by atoms with van der Waals surface area (Å²) in [5.74, 6) is 2.45. The van der Waals surface area contributed by atoms with Crippen LogP contribution in [0.4, 0.5) is 0 Å². The minimum absolute atomic E-state index is 0.387. The molecule has 1 aliphatic heterocycles. The van der Waals surface area contributed by atoms with Crippen molar-refractivity contribution in [3.8, 4) is 0 Å². The quantitative estimate of drug-likeness (QED) is 0.809. The lowest BCUT2D eigenvalue weighted by Gasteiger charge is -2.39. The van der Waals surface area contributed by atoms with E-state index < -0.39 is 0 Å². The van der Waals surface area contributed by atoms with E-state index in [1.54, 1.807) is 0 Å². The third-order valence-electron chi connectivity index (χ3n) is 4.86. The van der Waals surface area contributed by atoms with Crippen molar-refractivity contribution in [2.75, 3.05) is 19.6 Å². The number of likely N-dealkylation sites (tertiary alicyclic amines) is 1. The Balaban J connectivity index is 1.50. The van der Waals surface area contributed by atoms with Crippen molar-refractivity contribution in [3.05, 3.63) is 0 Å².